The summed E-state index contributed by atoms with van der Waals surface area (Å²) in [6, 6.07) is 2.04. The third kappa shape index (κ3) is 3.33. The Morgan fingerprint density at radius 1 is 1.36 bits per heavy atom. The number of carbonyl (C=O) groups is 2. The van der Waals surface area contributed by atoms with E-state index in [0.29, 0.717) is 25.1 Å². The Kier molecular flexibility index (Phi) is 4.44. The largest absolute Gasteiger partial charge is 0.352 e. The second-order valence-corrected chi connectivity index (χ2v) is 6.45. The van der Waals surface area contributed by atoms with Crippen LogP contribution in [0.2, 0.25) is 0 Å². The van der Waals surface area contributed by atoms with E-state index in [4.69, 9.17) is 0 Å². The van der Waals surface area contributed by atoms with Crippen LogP contribution in [0.1, 0.15) is 30.5 Å². The highest BCUT2D eigenvalue weighted by atomic mass is 16.2. The molecule has 3 rings (SSSR count). The van der Waals surface area contributed by atoms with Crippen LogP contribution in [0.25, 0.3) is 0 Å². The number of rotatable bonds is 5. The van der Waals surface area contributed by atoms with Gasteiger partial charge in [-0.05, 0) is 25.7 Å². The Hall–Kier alpha value is -2.89. The second-order valence-electron chi connectivity index (χ2n) is 6.45. The number of nitriles is 1. The molecule has 2 amide bonds. The predicted molar refractivity (Wildman–Crippen MR) is 86.8 cm³/mol. The normalized spacial score (nSPS) is 15.4. The topological polar surface area (TPSA) is 117 Å². The Bertz CT molecular complexity index is 888. The monoisotopic (exact) mass is 345 g/mol. The van der Waals surface area contributed by atoms with Crippen LogP contribution >= 0.6 is 0 Å². The summed E-state index contributed by atoms with van der Waals surface area (Å²) in [5.41, 5.74) is -0.970. The van der Waals surface area contributed by atoms with Gasteiger partial charge >= 0.3 is 5.69 Å². The van der Waals surface area contributed by atoms with Crippen molar-refractivity contribution in [1.82, 2.24) is 19.4 Å². The summed E-state index contributed by atoms with van der Waals surface area (Å²) in [6.07, 6.45) is 3.08. The molecule has 0 saturated heterocycles. The summed E-state index contributed by atoms with van der Waals surface area (Å²) in [4.78, 5) is 50.1. The maximum absolute atomic E-state index is 12.5. The van der Waals surface area contributed by atoms with E-state index in [1.165, 1.54) is 16.5 Å². The van der Waals surface area contributed by atoms with Gasteiger partial charge in [-0.3, -0.25) is 19.0 Å². The number of hydrogen-bond donors (Lipinski definition) is 1. The summed E-state index contributed by atoms with van der Waals surface area (Å²) < 4.78 is 2.16. The zero-order valence-corrected chi connectivity index (χ0v) is 13.9. The molecule has 1 fully saturated rings. The predicted octanol–water partition coefficient (Wildman–Crippen LogP) is -1.44. The van der Waals surface area contributed by atoms with E-state index < -0.39 is 23.7 Å². The van der Waals surface area contributed by atoms with Gasteiger partial charge in [-0.25, -0.2) is 9.36 Å². The molecule has 0 radical (unpaired) electrons. The fourth-order valence-electron chi connectivity index (χ4n) is 2.95. The van der Waals surface area contributed by atoms with Crippen LogP contribution in [0.3, 0.4) is 0 Å². The van der Waals surface area contributed by atoms with Gasteiger partial charge < -0.3 is 10.2 Å². The average Bonchev–Trinajstić information content (AvgIpc) is 3.24. The van der Waals surface area contributed by atoms with Crippen LogP contribution < -0.4 is 16.6 Å². The van der Waals surface area contributed by atoms with Crippen molar-refractivity contribution in [2.45, 2.75) is 44.8 Å². The molecule has 1 aromatic heterocycles. The van der Waals surface area contributed by atoms with E-state index in [1.807, 2.05) is 6.07 Å². The summed E-state index contributed by atoms with van der Waals surface area (Å²) in [7, 11) is 1.44. The zero-order valence-electron chi connectivity index (χ0n) is 13.9. The Morgan fingerprint density at radius 3 is 2.72 bits per heavy atom. The van der Waals surface area contributed by atoms with Gasteiger partial charge in [-0.2, -0.15) is 5.26 Å². The summed E-state index contributed by atoms with van der Waals surface area (Å²) in [5.74, 6) is -0.804. The lowest BCUT2D eigenvalue weighted by Gasteiger charge is -2.18. The van der Waals surface area contributed by atoms with E-state index in [2.05, 4.69) is 5.32 Å². The molecule has 1 aliphatic heterocycles. The average molecular weight is 345 g/mol. The standard InChI is InChI=1S/C16H19N5O4/c1-19(8-13(22)18-10-4-5-10)14(23)9-21-15(24)11(7-17)12-3-2-6-20(12)16(21)25/h10H,2-6,8-9H2,1H3,(H,18,22). The highest BCUT2D eigenvalue weighted by Crippen LogP contribution is 2.18. The quantitative estimate of drug-likeness (QED) is 0.702. The van der Waals surface area contributed by atoms with Crippen LogP contribution in [0.4, 0.5) is 0 Å². The summed E-state index contributed by atoms with van der Waals surface area (Å²) in [6.45, 7) is -0.196. The summed E-state index contributed by atoms with van der Waals surface area (Å²) >= 11 is 0. The number of fused-ring (bicyclic) bond motifs is 1. The van der Waals surface area contributed by atoms with Crippen molar-refractivity contribution in [3.8, 4) is 6.07 Å². The molecule has 25 heavy (non-hydrogen) atoms. The van der Waals surface area contributed by atoms with Crippen LogP contribution in [-0.4, -0.2) is 45.5 Å². The SMILES string of the molecule is CN(CC(=O)NC1CC1)C(=O)Cn1c(=O)c(C#N)c2n(c1=O)CCC2. The van der Waals surface area contributed by atoms with Crippen LogP contribution in [0.15, 0.2) is 9.59 Å². The molecule has 1 N–H and O–H groups in total. The fourth-order valence-corrected chi connectivity index (χ4v) is 2.95. The van der Waals surface area contributed by atoms with Gasteiger partial charge in [-0.15, -0.1) is 0 Å². The van der Waals surface area contributed by atoms with E-state index >= 15 is 0 Å². The molecule has 1 saturated carbocycles. The second kappa shape index (κ2) is 6.55. The van der Waals surface area contributed by atoms with Crippen molar-refractivity contribution >= 4 is 11.8 Å². The molecule has 2 heterocycles. The zero-order chi connectivity index (χ0) is 18.1. The van der Waals surface area contributed by atoms with Gasteiger partial charge in [-0.1, -0.05) is 0 Å². The minimum atomic E-state index is -0.746. The van der Waals surface area contributed by atoms with Gasteiger partial charge in [0, 0.05) is 25.3 Å². The van der Waals surface area contributed by atoms with Crippen LogP contribution in [0, 0.1) is 11.3 Å². The highest BCUT2D eigenvalue weighted by molar-refractivity contribution is 5.84. The first kappa shape index (κ1) is 17.0. The molecule has 0 bridgehead atoms. The van der Waals surface area contributed by atoms with E-state index in [0.717, 1.165) is 17.4 Å². The maximum atomic E-state index is 12.5. The van der Waals surface area contributed by atoms with Crippen molar-refractivity contribution < 1.29 is 9.59 Å². The smallest absolute Gasteiger partial charge is 0.331 e. The lowest BCUT2D eigenvalue weighted by atomic mass is 10.2. The van der Waals surface area contributed by atoms with Gasteiger partial charge in [0.25, 0.3) is 5.56 Å². The maximum Gasteiger partial charge on any atom is 0.331 e. The number of hydrogen-bond acceptors (Lipinski definition) is 5. The van der Waals surface area contributed by atoms with E-state index in [1.54, 1.807) is 0 Å². The molecule has 9 nitrogen and oxygen atoms in total. The van der Waals surface area contributed by atoms with E-state index in [9.17, 15) is 24.4 Å². The van der Waals surface area contributed by atoms with Gasteiger partial charge in [0.05, 0.1) is 6.54 Å². The lowest BCUT2D eigenvalue weighted by Crippen LogP contribution is -2.47. The van der Waals surface area contributed by atoms with Crippen LogP contribution in [-0.2, 0) is 29.1 Å². The molecule has 132 valence electrons. The molecule has 0 unspecified atom stereocenters. The molecule has 0 aromatic carbocycles. The number of amides is 2. The van der Waals surface area contributed by atoms with Crippen molar-refractivity contribution in [3.63, 3.8) is 0 Å². The number of likely N-dealkylation sites (N-methyl/N-ethyl adjacent to an activating group) is 1. The molecule has 0 spiro atoms. The molecular formula is C16H19N5O4. The Balaban J connectivity index is 1.79. The third-order valence-electron chi connectivity index (χ3n) is 4.48. The molecule has 1 aliphatic carbocycles. The first-order chi connectivity index (χ1) is 11.9. The molecule has 9 heteroatoms. The van der Waals surface area contributed by atoms with Crippen LogP contribution in [0.5, 0.6) is 0 Å². The molecular weight excluding hydrogens is 326 g/mol. The minimum Gasteiger partial charge on any atom is -0.352 e. The number of carbonyl (C=O) groups excluding carboxylic acids is 2. The first-order valence-corrected chi connectivity index (χ1v) is 8.22. The Morgan fingerprint density at radius 2 is 2.08 bits per heavy atom. The van der Waals surface area contributed by atoms with Gasteiger partial charge in [0.1, 0.15) is 18.2 Å². The lowest BCUT2D eigenvalue weighted by molar-refractivity contribution is -0.135. The van der Waals surface area contributed by atoms with Gasteiger partial charge in [0.15, 0.2) is 0 Å². The van der Waals surface area contributed by atoms with Crippen molar-refractivity contribution in [1.29, 1.82) is 5.26 Å². The summed E-state index contributed by atoms with van der Waals surface area (Å²) in [5, 5.41) is 12.0. The van der Waals surface area contributed by atoms with Crippen molar-refractivity contribution in [2.24, 2.45) is 0 Å². The number of nitrogens with one attached hydrogen (secondary N) is 1. The van der Waals surface area contributed by atoms with Crippen molar-refractivity contribution in [2.75, 3.05) is 13.6 Å². The number of aromatic nitrogens is 2. The Labute approximate surface area is 143 Å². The fraction of sp³-hybridized carbons (Fsp3) is 0.562. The van der Waals surface area contributed by atoms with E-state index in [-0.39, 0.29) is 24.1 Å². The van der Waals surface area contributed by atoms with Crippen molar-refractivity contribution in [3.05, 3.63) is 32.1 Å². The minimum absolute atomic E-state index is 0.0842. The molecule has 0 atom stereocenters. The third-order valence-corrected chi connectivity index (χ3v) is 4.48. The number of nitrogens with zero attached hydrogens (tertiary/aromatic N) is 4. The van der Waals surface area contributed by atoms with Gasteiger partial charge in [0.2, 0.25) is 11.8 Å². The molecule has 2 aliphatic rings. The highest BCUT2D eigenvalue weighted by Gasteiger charge is 2.26. The molecule has 1 aromatic rings. The first-order valence-electron chi connectivity index (χ1n) is 8.22.